The van der Waals surface area contributed by atoms with Crippen molar-refractivity contribution in [2.45, 2.75) is 17.4 Å². The van der Waals surface area contributed by atoms with Gasteiger partial charge in [-0.25, -0.2) is 13.6 Å². The highest BCUT2D eigenvalue weighted by Crippen LogP contribution is 2.29. The third kappa shape index (κ3) is 3.15. The van der Waals surface area contributed by atoms with Crippen molar-refractivity contribution in [2.24, 2.45) is 5.14 Å². The lowest BCUT2D eigenvalue weighted by Crippen LogP contribution is -2.21. The molecule has 8 heteroatoms. The second-order valence-corrected chi connectivity index (χ2v) is 5.55. The SMILES string of the molecule is NS(=O)(=O)c1cnn(CC(F)(F)c2ccccc2)c1. The summed E-state index contributed by atoms with van der Waals surface area (Å²) >= 11 is 0. The van der Waals surface area contributed by atoms with E-state index < -0.39 is 22.5 Å². The Morgan fingerprint density at radius 3 is 2.42 bits per heavy atom. The Bertz CT molecular complexity index is 668. The summed E-state index contributed by atoms with van der Waals surface area (Å²) in [5.74, 6) is -3.15. The van der Waals surface area contributed by atoms with Gasteiger partial charge in [-0.1, -0.05) is 30.3 Å². The summed E-state index contributed by atoms with van der Waals surface area (Å²) in [6.07, 6.45) is 1.92. The van der Waals surface area contributed by atoms with Gasteiger partial charge < -0.3 is 0 Å². The molecule has 19 heavy (non-hydrogen) atoms. The number of hydrogen-bond acceptors (Lipinski definition) is 3. The van der Waals surface area contributed by atoms with Gasteiger partial charge in [-0.05, 0) is 0 Å². The fraction of sp³-hybridized carbons (Fsp3) is 0.182. The Balaban J connectivity index is 2.24. The molecule has 0 unspecified atom stereocenters. The minimum Gasteiger partial charge on any atom is -0.265 e. The van der Waals surface area contributed by atoms with Gasteiger partial charge >= 0.3 is 0 Å². The molecule has 0 atom stereocenters. The zero-order valence-corrected chi connectivity index (χ0v) is 10.5. The number of benzene rings is 1. The maximum Gasteiger partial charge on any atom is 0.292 e. The largest absolute Gasteiger partial charge is 0.292 e. The molecule has 0 saturated carbocycles. The van der Waals surface area contributed by atoms with E-state index >= 15 is 0 Å². The van der Waals surface area contributed by atoms with Gasteiger partial charge in [-0.2, -0.15) is 13.9 Å². The van der Waals surface area contributed by atoms with Crippen LogP contribution in [0.2, 0.25) is 0 Å². The summed E-state index contributed by atoms with van der Waals surface area (Å²) in [4.78, 5) is -0.295. The molecule has 0 radical (unpaired) electrons. The van der Waals surface area contributed by atoms with E-state index in [-0.39, 0.29) is 10.5 Å². The van der Waals surface area contributed by atoms with Crippen molar-refractivity contribution in [2.75, 3.05) is 0 Å². The number of nitrogens with zero attached hydrogens (tertiary/aromatic N) is 2. The fourth-order valence-corrected chi connectivity index (χ4v) is 2.02. The van der Waals surface area contributed by atoms with Crippen molar-refractivity contribution in [1.29, 1.82) is 0 Å². The van der Waals surface area contributed by atoms with Crippen LogP contribution in [-0.4, -0.2) is 18.2 Å². The molecule has 1 aromatic carbocycles. The minimum atomic E-state index is -3.93. The van der Waals surface area contributed by atoms with Crippen molar-refractivity contribution in [3.63, 3.8) is 0 Å². The van der Waals surface area contributed by atoms with Crippen LogP contribution < -0.4 is 5.14 Å². The molecule has 0 bridgehead atoms. The Morgan fingerprint density at radius 2 is 1.89 bits per heavy atom. The van der Waals surface area contributed by atoms with Gasteiger partial charge in [-0.3, -0.25) is 4.68 Å². The second-order valence-electron chi connectivity index (χ2n) is 3.99. The number of alkyl halides is 2. The third-order valence-electron chi connectivity index (χ3n) is 2.49. The van der Waals surface area contributed by atoms with Crippen LogP contribution in [0.1, 0.15) is 5.56 Å². The van der Waals surface area contributed by atoms with Crippen molar-refractivity contribution in [3.8, 4) is 0 Å². The van der Waals surface area contributed by atoms with E-state index in [0.717, 1.165) is 17.1 Å². The molecule has 5 nitrogen and oxygen atoms in total. The van der Waals surface area contributed by atoms with E-state index in [1.165, 1.54) is 24.3 Å². The standard InChI is InChI=1S/C11H11F2N3O2S/c12-11(13,9-4-2-1-3-5-9)8-16-7-10(6-15-16)19(14,17)18/h1-7H,8H2,(H2,14,17,18). The molecule has 1 heterocycles. The first-order chi connectivity index (χ1) is 8.79. The predicted octanol–water partition coefficient (Wildman–Crippen LogP) is 1.32. The van der Waals surface area contributed by atoms with Crippen LogP contribution >= 0.6 is 0 Å². The molecule has 2 N–H and O–H groups in total. The molecule has 0 amide bonds. The Labute approximate surface area is 108 Å². The number of hydrogen-bond donors (Lipinski definition) is 1. The van der Waals surface area contributed by atoms with Crippen molar-refractivity contribution < 1.29 is 17.2 Å². The number of nitrogens with two attached hydrogens (primary N) is 1. The first kappa shape index (κ1) is 13.6. The van der Waals surface area contributed by atoms with Crippen molar-refractivity contribution in [1.82, 2.24) is 9.78 Å². The highest BCUT2D eigenvalue weighted by Gasteiger charge is 2.32. The van der Waals surface area contributed by atoms with Crippen LogP contribution in [-0.2, 0) is 22.5 Å². The zero-order chi connectivity index (χ0) is 14.1. The molecular formula is C11H11F2N3O2S. The number of aromatic nitrogens is 2. The Hall–Kier alpha value is -1.80. The summed E-state index contributed by atoms with van der Waals surface area (Å²) in [6.45, 7) is -0.757. The van der Waals surface area contributed by atoms with Gasteiger partial charge in [0.1, 0.15) is 11.4 Å². The van der Waals surface area contributed by atoms with Gasteiger partial charge in [0.2, 0.25) is 10.0 Å². The molecule has 1 aromatic heterocycles. The highest BCUT2D eigenvalue weighted by atomic mass is 32.2. The first-order valence-corrected chi connectivity index (χ1v) is 6.82. The molecule has 0 spiro atoms. The van der Waals surface area contributed by atoms with Crippen LogP contribution in [0.25, 0.3) is 0 Å². The lowest BCUT2D eigenvalue weighted by Gasteiger charge is -2.16. The Kier molecular flexibility index (Phi) is 3.38. The van der Waals surface area contributed by atoms with E-state index in [4.69, 9.17) is 5.14 Å². The molecular weight excluding hydrogens is 276 g/mol. The third-order valence-corrected chi connectivity index (χ3v) is 3.36. The number of halogens is 2. The summed E-state index contributed by atoms with van der Waals surface area (Å²) in [6, 6.07) is 7.23. The van der Waals surface area contributed by atoms with Crippen molar-refractivity contribution in [3.05, 3.63) is 48.3 Å². The summed E-state index contributed by atoms with van der Waals surface area (Å²) in [5.41, 5.74) is -0.164. The van der Waals surface area contributed by atoms with Gasteiger partial charge in [0, 0.05) is 11.8 Å². The van der Waals surface area contributed by atoms with Crippen LogP contribution in [0.5, 0.6) is 0 Å². The quantitative estimate of drug-likeness (QED) is 0.921. The van der Waals surface area contributed by atoms with E-state index in [2.05, 4.69) is 5.10 Å². The predicted molar refractivity (Wildman–Crippen MR) is 63.9 cm³/mol. The van der Waals surface area contributed by atoms with Crippen molar-refractivity contribution >= 4 is 10.0 Å². The summed E-state index contributed by atoms with van der Waals surface area (Å²) in [7, 11) is -3.93. The van der Waals surface area contributed by atoms with E-state index in [1.807, 2.05) is 0 Å². The number of primary sulfonamides is 1. The topological polar surface area (TPSA) is 78.0 Å². The molecule has 0 saturated heterocycles. The van der Waals surface area contributed by atoms with Gasteiger partial charge in [0.15, 0.2) is 0 Å². The summed E-state index contributed by atoms with van der Waals surface area (Å²) < 4.78 is 50.7. The smallest absolute Gasteiger partial charge is 0.265 e. The van der Waals surface area contributed by atoms with Crippen LogP contribution in [0.3, 0.4) is 0 Å². The van der Waals surface area contributed by atoms with E-state index in [9.17, 15) is 17.2 Å². The average Bonchev–Trinajstić information content (AvgIpc) is 2.78. The lowest BCUT2D eigenvalue weighted by molar-refractivity contribution is -0.0254. The van der Waals surface area contributed by atoms with Crippen LogP contribution in [0, 0.1) is 0 Å². The summed E-state index contributed by atoms with van der Waals surface area (Å²) in [5, 5.41) is 8.45. The van der Waals surface area contributed by atoms with Gasteiger partial charge in [0.05, 0.1) is 6.20 Å². The second kappa shape index (κ2) is 4.71. The minimum absolute atomic E-state index is 0.164. The number of rotatable bonds is 4. The van der Waals surface area contributed by atoms with E-state index in [0.29, 0.717) is 0 Å². The first-order valence-electron chi connectivity index (χ1n) is 5.28. The van der Waals surface area contributed by atoms with Gasteiger partial charge in [0.25, 0.3) is 5.92 Å². The maximum absolute atomic E-state index is 13.9. The van der Waals surface area contributed by atoms with Gasteiger partial charge in [-0.15, -0.1) is 0 Å². The lowest BCUT2D eigenvalue weighted by atomic mass is 10.1. The monoisotopic (exact) mass is 287 g/mol. The molecule has 0 fully saturated rings. The van der Waals surface area contributed by atoms with Crippen LogP contribution in [0.4, 0.5) is 8.78 Å². The number of sulfonamides is 1. The highest BCUT2D eigenvalue weighted by molar-refractivity contribution is 7.89. The van der Waals surface area contributed by atoms with Crippen LogP contribution in [0.15, 0.2) is 47.6 Å². The normalized spacial score (nSPS) is 12.6. The van der Waals surface area contributed by atoms with E-state index in [1.54, 1.807) is 6.07 Å². The maximum atomic E-state index is 13.9. The molecule has 102 valence electrons. The zero-order valence-electron chi connectivity index (χ0n) is 9.70. The molecule has 0 aliphatic carbocycles. The molecule has 2 rings (SSSR count). The molecule has 0 aliphatic rings. The molecule has 0 aliphatic heterocycles. The average molecular weight is 287 g/mol. The Morgan fingerprint density at radius 1 is 1.26 bits per heavy atom. The molecule has 2 aromatic rings. The fourth-order valence-electron chi connectivity index (χ4n) is 1.55.